The Balaban J connectivity index is 1.75. The molecule has 5 nitrogen and oxygen atoms in total. The summed E-state index contributed by atoms with van der Waals surface area (Å²) in [5.41, 5.74) is 1.49. The molecule has 24 heavy (non-hydrogen) atoms. The summed E-state index contributed by atoms with van der Waals surface area (Å²) in [5, 5.41) is 29.6. The Morgan fingerprint density at radius 2 is 1.83 bits per heavy atom. The molecule has 1 amide bonds. The molecular formula is C19H21NO4. The lowest BCUT2D eigenvalue weighted by Gasteiger charge is -2.34. The molecule has 0 aromatic heterocycles. The van der Waals surface area contributed by atoms with E-state index < -0.39 is 12.0 Å². The number of aromatic hydroxyl groups is 2. The van der Waals surface area contributed by atoms with Crippen LogP contribution in [0.2, 0.25) is 0 Å². The molecule has 126 valence electrons. The third-order valence-corrected chi connectivity index (χ3v) is 4.51. The highest BCUT2D eigenvalue weighted by Gasteiger charge is 2.34. The molecule has 5 heteroatoms. The molecular weight excluding hydrogens is 306 g/mol. The Morgan fingerprint density at radius 3 is 2.54 bits per heavy atom. The van der Waals surface area contributed by atoms with Gasteiger partial charge in [0.2, 0.25) is 5.91 Å². The molecule has 2 aromatic carbocycles. The van der Waals surface area contributed by atoms with E-state index in [0.29, 0.717) is 25.1 Å². The number of piperidine rings is 1. The minimum atomic E-state index is -0.998. The van der Waals surface area contributed by atoms with Crippen LogP contribution in [0, 0.1) is 5.92 Å². The van der Waals surface area contributed by atoms with E-state index in [1.54, 1.807) is 4.90 Å². The Labute approximate surface area is 140 Å². The van der Waals surface area contributed by atoms with E-state index >= 15 is 0 Å². The smallest absolute Gasteiger partial charge is 0.228 e. The molecule has 0 saturated carbocycles. The monoisotopic (exact) mass is 327 g/mol. The topological polar surface area (TPSA) is 81.0 Å². The summed E-state index contributed by atoms with van der Waals surface area (Å²) < 4.78 is 0. The highest BCUT2D eigenvalue weighted by atomic mass is 16.3. The van der Waals surface area contributed by atoms with Crippen molar-refractivity contribution in [2.24, 2.45) is 5.92 Å². The first-order chi connectivity index (χ1) is 11.6. The first kappa shape index (κ1) is 16.3. The quantitative estimate of drug-likeness (QED) is 0.754. The number of likely N-dealkylation sites (tertiary alicyclic amines) is 1. The number of aliphatic hydroxyl groups excluding tert-OH is 1. The summed E-state index contributed by atoms with van der Waals surface area (Å²) in [6.45, 7) is 1.21. The van der Waals surface area contributed by atoms with Crippen molar-refractivity contribution in [3.63, 3.8) is 0 Å². The third-order valence-electron chi connectivity index (χ3n) is 4.51. The molecule has 2 aromatic rings. The fraction of sp³-hybridized carbons (Fsp3) is 0.316. The number of nitrogens with zero attached hydrogens (tertiary/aromatic N) is 1. The zero-order valence-corrected chi connectivity index (χ0v) is 13.3. The number of hydrogen-bond donors (Lipinski definition) is 3. The van der Waals surface area contributed by atoms with Crippen molar-refractivity contribution >= 4 is 5.91 Å². The lowest BCUT2D eigenvalue weighted by molar-refractivity contribution is -0.143. The minimum absolute atomic E-state index is 0.0785. The standard InChI is InChI=1S/C19H21NO4/c21-16-9-8-14(11-17(16)22)18(23)15-7-4-10-20(19(15)24)12-13-5-2-1-3-6-13/h1-3,5-6,8-9,11,15,18,21-23H,4,7,10,12H2. The van der Waals surface area contributed by atoms with Gasteiger partial charge in [-0.05, 0) is 36.1 Å². The van der Waals surface area contributed by atoms with Crippen molar-refractivity contribution in [1.29, 1.82) is 0 Å². The molecule has 1 fully saturated rings. The molecule has 1 heterocycles. The molecule has 2 atom stereocenters. The number of rotatable bonds is 4. The van der Waals surface area contributed by atoms with Crippen molar-refractivity contribution in [2.45, 2.75) is 25.5 Å². The maximum absolute atomic E-state index is 12.8. The van der Waals surface area contributed by atoms with E-state index in [1.165, 1.54) is 18.2 Å². The zero-order valence-electron chi connectivity index (χ0n) is 13.3. The van der Waals surface area contributed by atoms with Gasteiger partial charge in [0.1, 0.15) is 0 Å². The fourth-order valence-electron chi connectivity index (χ4n) is 3.18. The van der Waals surface area contributed by atoms with Crippen LogP contribution in [0.5, 0.6) is 11.5 Å². The van der Waals surface area contributed by atoms with Crippen LogP contribution in [0.15, 0.2) is 48.5 Å². The number of carbonyl (C=O) groups is 1. The van der Waals surface area contributed by atoms with Gasteiger partial charge >= 0.3 is 0 Å². The predicted octanol–water partition coefficient (Wildman–Crippen LogP) is 2.57. The van der Waals surface area contributed by atoms with E-state index in [2.05, 4.69) is 0 Å². The summed E-state index contributed by atoms with van der Waals surface area (Å²) in [4.78, 5) is 14.5. The molecule has 2 unspecified atom stereocenters. The van der Waals surface area contributed by atoms with E-state index in [4.69, 9.17) is 0 Å². The second-order valence-electron chi connectivity index (χ2n) is 6.19. The van der Waals surface area contributed by atoms with Crippen LogP contribution in [0.4, 0.5) is 0 Å². The molecule has 0 spiro atoms. The number of amides is 1. The average molecular weight is 327 g/mol. The average Bonchev–Trinajstić information content (AvgIpc) is 2.59. The van der Waals surface area contributed by atoms with Crippen molar-refractivity contribution in [3.05, 3.63) is 59.7 Å². The minimum Gasteiger partial charge on any atom is -0.504 e. The molecule has 0 aliphatic carbocycles. The van der Waals surface area contributed by atoms with Crippen molar-refractivity contribution in [1.82, 2.24) is 4.90 Å². The molecule has 3 rings (SSSR count). The van der Waals surface area contributed by atoms with Crippen LogP contribution in [0.25, 0.3) is 0 Å². The number of benzene rings is 2. The molecule has 3 N–H and O–H groups in total. The maximum atomic E-state index is 12.8. The number of phenolic OH excluding ortho intramolecular Hbond substituents is 2. The summed E-state index contributed by atoms with van der Waals surface area (Å²) in [6.07, 6.45) is 0.430. The Bertz CT molecular complexity index is 717. The molecule has 1 aliphatic heterocycles. The van der Waals surface area contributed by atoms with Crippen LogP contribution >= 0.6 is 0 Å². The Morgan fingerprint density at radius 1 is 1.08 bits per heavy atom. The van der Waals surface area contributed by atoms with E-state index in [0.717, 1.165) is 12.0 Å². The second kappa shape index (κ2) is 6.93. The largest absolute Gasteiger partial charge is 0.504 e. The van der Waals surface area contributed by atoms with E-state index in [-0.39, 0.29) is 17.4 Å². The van der Waals surface area contributed by atoms with Crippen molar-refractivity contribution < 1.29 is 20.1 Å². The van der Waals surface area contributed by atoms with Crippen LogP contribution < -0.4 is 0 Å². The first-order valence-corrected chi connectivity index (χ1v) is 8.09. The van der Waals surface area contributed by atoms with Gasteiger partial charge in [-0.25, -0.2) is 0 Å². The summed E-state index contributed by atoms with van der Waals surface area (Å²) >= 11 is 0. The molecule has 0 radical (unpaired) electrons. The van der Waals surface area contributed by atoms with Crippen LogP contribution in [-0.2, 0) is 11.3 Å². The van der Waals surface area contributed by atoms with E-state index in [1.807, 2.05) is 30.3 Å². The van der Waals surface area contributed by atoms with Gasteiger partial charge in [-0.1, -0.05) is 36.4 Å². The third kappa shape index (κ3) is 3.36. The van der Waals surface area contributed by atoms with Gasteiger partial charge in [0, 0.05) is 13.1 Å². The molecule has 1 saturated heterocycles. The number of carbonyl (C=O) groups excluding carboxylic acids is 1. The van der Waals surface area contributed by atoms with Gasteiger partial charge in [-0.2, -0.15) is 0 Å². The van der Waals surface area contributed by atoms with Gasteiger partial charge in [-0.3, -0.25) is 4.79 Å². The Kier molecular flexibility index (Phi) is 4.71. The normalized spacial score (nSPS) is 19.3. The Hall–Kier alpha value is -2.53. The maximum Gasteiger partial charge on any atom is 0.228 e. The lowest BCUT2D eigenvalue weighted by atomic mass is 9.87. The van der Waals surface area contributed by atoms with Crippen molar-refractivity contribution in [3.8, 4) is 11.5 Å². The predicted molar refractivity (Wildman–Crippen MR) is 89.3 cm³/mol. The summed E-state index contributed by atoms with van der Waals surface area (Å²) in [6, 6.07) is 13.9. The molecule has 1 aliphatic rings. The SMILES string of the molecule is O=C1C(C(O)c2ccc(O)c(O)c2)CCCN1Cc1ccccc1. The van der Waals surface area contributed by atoms with Gasteiger partial charge in [0.15, 0.2) is 11.5 Å². The number of hydrogen-bond acceptors (Lipinski definition) is 4. The van der Waals surface area contributed by atoms with E-state index in [9.17, 15) is 20.1 Å². The van der Waals surface area contributed by atoms with Crippen LogP contribution in [0.3, 0.4) is 0 Å². The molecule has 0 bridgehead atoms. The highest BCUT2D eigenvalue weighted by molar-refractivity contribution is 5.80. The van der Waals surface area contributed by atoms with Crippen LogP contribution in [-0.4, -0.2) is 32.7 Å². The fourth-order valence-corrected chi connectivity index (χ4v) is 3.18. The second-order valence-corrected chi connectivity index (χ2v) is 6.19. The lowest BCUT2D eigenvalue weighted by Crippen LogP contribution is -2.42. The summed E-state index contributed by atoms with van der Waals surface area (Å²) in [7, 11) is 0. The zero-order chi connectivity index (χ0) is 17.1. The van der Waals surface area contributed by atoms with Gasteiger partial charge < -0.3 is 20.2 Å². The van der Waals surface area contributed by atoms with Crippen LogP contribution in [0.1, 0.15) is 30.1 Å². The van der Waals surface area contributed by atoms with Gasteiger partial charge in [0.25, 0.3) is 0 Å². The number of aliphatic hydroxyl groups is 1. The van der Waals surface area contributed by atoms with Gasteiger partial charge in [0.05, 0.1) is 12.0 Å². The summed E-state index contributed by atoms with van der Waals surface area (Å²) in [5.74, 6) is -1.15. The highest BCUT2D eigenvalue weighted by Crippen LogP contribution is 2.35. The van der Waals surface area contributed by atoms with Gasteiger partial charge in [-0.15, -0.1) is 0 Å². The first-order valence-electron chi connectivity index (χ1n) is 8.09. The number of phenols is 2. The van der Waals surface area contributed by atoms with Crippen molar-refractivity contribution in [2.75, 3.05) is 6.54 Å².